The fourth-order valence-electron chi connectivity index (χ4n) is 3.80. The molecule has 1 aromatic heterocycles. The molecule has 1 N–H and O–H groups in total. The Morgan fingerprint density at radius 2 is 1.88 bits per heavy atom. The van der Waals surface area contributed by atoms with Crippen molar-refractivity contribution >= 4 is 16.7 Å². The van der Waals surface area contributed by atoms with E-state index in [1.807, 2.05) is 49.4 Å². The van der Waals surface area contributed by atoms with E-state index in [9.17, 15) is 9.00 Å². The van der Waals surface area contributed by atoms with E-state index in [1.165, 1.54) is 18.4 Å². The lowest BCUT2D eigenvalue weighted by Gasteiger charge is -2.13. The van der Waals surface area contributed by atoms with Crippen molar-refractivity contribution in [1.29, 1.82) is 0 Å². The van der Waals surface area contributed by atoms with E-state index in [2.05, 4.69) is 16.4 Å². The van der Waals surface area contributed by atoms with Crippen LogP contribution >= 0.6 is 0 Å². The van der Waals surface area contributed by atoms with Gasteiger partial charge in [0.1, 0.15) is 5.76 Å². The predicted molar refractivity (Wildman–Crippen MR) is 127 cm³/mol. The number of rotatable bonds is 8. The summed E-state index contributed by atoms with van der Waals surface area (Å²) in [5, 5.41) is 3.00. The van der Waals surface area contributed by atoms with Gasteiger partial charge < -0.3 is 9.73 Å². The van der Waals surface area contributed by atoms with E-state index >= 15 is 0 Å². The average molecular weight is 449 g/mol. The summed E-state index contributed by atoms with van der Waals surface area (Å²) in [6.07, 6.45) is 8.08. The van der Waals surface area contributed by atoms with E-state index in [1.54, 1.807) is 12.1 Å². The molecule has 32 heavy (non-hydrogen) atoms. The third kappa shape index (κ3) is 5.62. The minimum atomic E-state index is -1.18. The van der Waals surface area contributed by atoms with Crippen LogP contribution < -0.4 is 5.32 Å². The average Bonchev–Trinajstić information content (AvgIpc) is 3.20. The summed E-state index contributed by atoms with van der Waals surface area (Å²) in [5.41, 5.74) is 3.53. The summed E-state index contributed by atoms with van der Waals surface area (Å²) >= 11 is 0. The number of amides is 1. The molecule has 1 atom stereocenters. The molecule has 1 heterocycles. The van der Waals surface area contributed by atoms with Crippen LogP contribution in [0.15, 0.2) is 75.6 Å². The quantitative estimate of drug-likeness (QED) is 0.457. The molecule has 2 aromatic carbocycles. The zero-order valence-corrected chi connectivity index (χ0v) is 19.1. The van der Waals surface area contributed by atoms with Gasteiger partial charge in [-0.05, 0) is 75.4 Å². The van der Waals surface area contributed by atoms with Crippen LogP contribution in [-0.2, 0) is 16.6 Å². The second-order valence-electron chi connectivity index (χ2n) is 8.02. The largest absolute Gasteiger partial charge is 0.441 e. The molecule has 1 aliphatic rings. The number of nitrogens with one attached hydrogen (secondary N) is 1. The Hall–Kier alpha value is -2.99. The van der Waals surface area contributed by atoms with Crippen LogP contribution in [0.3, 0.4) is 0 Å². The van der Waals surface area contributed by atoms with Crippen molar-refractivity contribution in [2.75, 3.05) is 6.54 Å². The Labute approximate surface area is 191 Å². The van der Waals surface area contributed by atoms with Gasteiger partial charge in [0.15, 0.2) is 0 Å². The molecule has 166 valence electrons. The van der Waals surface area contributed by atoms with E-state index < -0.39 is 10.8 Å². The Morgan fingerprint density at radius 3 is 2.59 bits per heavy atom. The topological polar surface area (TPSA) is 72.2 Å². The first kappa shape index (κ1) is 22.2. The lowest BCUT2D eigenvalue weighted by atomic mass is 9.97. The maximum Gasteiger partial charge on any atom is 0.251 e. The number of hydrogen-bond donors (Lipinski definition) is 1. The van der Waals surface area contributed by atoms with E-state index in [4.69, 9.17) is 4.42 Å². The maximum atomic E-state index is 12.6. The van der Waals surface area contributed by atoms with Gasteiger partial charge in [0.05, 0.1) is 22.2 Å². The Morgan fingerprint density at radius 1 is 1.09 bits per heavy atom. The molecule has 1 aliphatic carbocycles. The van der Waals surface area contributed by atoms with Gasteiger partial charge in [-0.15, -0.1) is 0 Å². The monoisotopic (exact) mass is 448 g/mol. The third-order valence-electron chi connectivity index (χ3n) is 5.68. The fraction of sp³-hybridized carbons (Fsp3) is 0.308. The minimum Gasteiger partial charge on any atom is -0.441 e. The lowest BCUT2D eigenvalue weighted by molar-refractivity contribution is 0.0954. The normalized spacial score (nSPS) is 14.6. The first-order chi connectivity index (χ1) is 15.6. The van der Waals surface area contributed by atoms with Crippen molar-refractivity contribution in [3.63, 3.8) is 0 Å². The minimum absolute atomic E-state index is 0.0736. The molecule has 0 saturated heterocycles. The van der Waals surface area contributed by atoms with Gasteiger partial charge >= 0.3 is 0 Å². The molecule has 1 amide bonds. The number of carbonyl (C=O) groups is 1. The van der Waals surface area contributed by atoms with Crippen molar-refractivity contribution in [1.82, 2.24) is 10.3 Å². The molecule has 0 saturated carbocycles. The van der Waals surface area contributed by atoms with E-state index in [0.717, 1.165) is 29.7 Å². The molecule has 6 heteroatoms. The van der Waals surface area contributed by atoms with Gasteiger partial charge in [0, 0.05) is 22.6 Å². The van der Waals surface area contributed by atoms with Crippen LogP contribution in [0.1, 0.15) is 53.9 Å². The summed E-state index contributed by atoms with van der Waals surface area (Å²) < 4.78 is 18.4. The molecule has 0 radical (unpaired) electrons. The van der Waals surface area contributed by atoms with E-state index in [-0.39, 0.29) is 5.91 Å². The van der Waals surface area contributed by atoms with Crippen LogP contribution in [0, 0.1) is 6.92 Å². The molecular formula is C26H28N2O3S. The van der Waals surface area contributed by atoms with Crippen LogP contribution in [0.5, 0.6) is 0 Å². The van der Waals surface area contributed by atoms with Crippen molar-refractivity contribution in [3.8, 4) is 11.5 Å². The van der Waals surface area contributed by atoms with Crippen molar-refractivity contribution in [3.05, 3.63) is 83.3 Å². The van der Waals surface area contributed by atoms with Gasteiger partial charge in [0.2, 0.25) is 5.89 Å². The molecule has 5 nitrogen and oxygen atoms in total. The molecule has 0 fully saturated rings. The van der Waals surface area contributed by atoms with Crippen LogP contribution in [0.4, 0.5) is 0 Å². The Bertz CT molecular complexity index is 1120. The second-order valence-corrected chi connectivity index (χ2v) is 9.47. The standard InChI is InChI=1S/C26H28N2O3S/c1-19-24(18-32(30)23-10-6-3-7-11-23)28-26(31-19)22-14-12-21(13-15-22)25(29)27-17-16-20-8-4-2-5-9-20/h3,6-8,10-15H,2,4-5,9,16-18H2,1H3,(H,27,29)/t32-/m1/s1. The lowest BCUT2D eigenvalue weighted by Crippen LogP contribution is -2.24. The summed E-state index contributed by atoms with van der Waals surface area (Å²) in [4.78, 5) is 17.8. The van der Waals surface area contributed by atoms with E-state index in [0.29, 0.717) is 35.2 Å². The number of carbonyl (C=O) groups excluding carboxylic acids is 1. The number of nitrogens with zero attached hydrogens (tertiary/aromatic N) is 1. The van der Waals surface area contributed by atoms with Gasteiger partial charge in [0.25, 0.3) is 5.91 Å². The number of aryl methyl sites for hydroxylation is 1. The second kappa shape index (κ2) is 10.6. The SMILES string of the molecule is Cc1oc(-c2ccc(C(=O)NCCC3=CCCCC3)cc2)nc1C[S@@](=O)c1ccccc1. The summed E-state index contributed by atoms with van der Waals surface area (Å²) in [6.45, 7) is 2.49. The van der Waals surface area contributed by atoms with Crippen molar-refractivity contribution in [2.24, 2.45) is 0 Å². The van der Waals surface area contributed by atoms with Crippen molar-refractivity contribution < 1.29 is 13.4 Å². The highest BCUT2D eigenvalue weighted by atomic mass is 32.2. The Kier molecular flexibility index (Phi) is 7.32. The molecular weight excluding hydrogens is 420 g/mol. The van der Waals surface area contributed by atoms with Gasteiger partial charge in [-0.3, -0.25) is 9.00 Å². The number of aromatic nitrogens is 1. The fourth-order valence-corrected chi connectivity index (χ4v) is 4.94. The predicted octanol–water partition coefficient (Wildman–Crippen LogP) is 5.58. The van der Waals surface area contributed by atoms with Crippen LogP contribution in [-0.4, -0.2) is 21.6 Å². The molecule has 0 bridgehead atoms. The smallest absolute Gasteiger partial charge is 0.251 e. The number of benzene rings is 2. The number of oxazole rings is 1. The molecule has 0 spiro atoms. The summed E-state index contributed by atoms with van der Waals surface area (Å²) in [7, 11) is -1.18. The first-order valence-corrected chi connectivity index (χ1v) is 12.4. The van der Waals surface area contributed by atoms with Crippen LogP contribution in [0.25, 0.3) is 11.5 Å². The van der Waals surface area contributed by atoms with Gasteiger partial charge in [-0.1, -0.05) is 29.8 Å². The molecule has 4 rings (SSSR count). The molecule has 3 aromatic rings. The number of hydrogen-bond acceptors (Lipinski definition) is 4. The zero-order valence-electron chi connectivity index (χ0n) is 18.3. The van der Waals surface area contributed by atoms with Crippen molar-refractivity contribution in [2.45, 2.75) is 49.7 Å². The summed E-state index contributed by atoms with van der Waals surface area (Å²) in [5.74, 6) is 1.35. The van der Waals surface area contributed by atoms with Gasteiger partial charge in [-0.2, -0.15) is 0 Å². The highest BCUT2D eigenvalue weighted by Crippen LogP contribution is 2.24. The highest BCUT2D eigenvalue weighted by Gasteiger charge is 2.16. The highest BCUT2D eigenvalue weighted by molar-refractivity contribution is 7.84. The third-order valence-corrected chi connectivity index (χ3v) is 7.01. The molecule has 0 aliphatic heterocycles. The number of allylic oxidation sites excluding steroid dienone is 1. The molecule has 0 unspecified atom stereocenters. The Balaban J connectivity index is 1.36. The van der Waals surface area contributed by atoms with Gasteiger partial charge in [-0.25, -0.2) is 4.98 Å². The zero-order chi connectivity index (χ0) is 22.3. The summed E-state index contributed by atoms with van der Waals surface area (Å²) in [6, 6.07) is 16.6. The maximum absolute atomic E-state index is 12.6. The first-order valence-electron chi connectivity index (χ1n) is 11.1. The van der Waals surface area contributed by atoms with Crippen LogP contribution in [0.2, 0.25) is 0 Å².